The minimum atomic E-state index is -4.36. The third kappa shape index (κ3) is 3.90. The van der Waals surface area contributed by atoms with Gasteiger partial charge >= 0.3 is 6.18 Å². The van der Waals surface area contributed by atoms with E-state index in [0.717, 1.165) is 12.1 Å². The standard InChI is InChI=1S/C17H17F4N3/c1-4-14(18)15-11(2)22-10-23-16(15)24(3)9-12-5-7-13(8-6-12)17(19,20)21/h4-8,10H,9H2,1-3H3/b14-4+. The Hall–Kier alpha value is -2.44. The SMILES string of the molecule is C/C=C(/F)c1c(C)ncnc1N(C)Cc1ccc(C(F)(F)F)cc1. The highest BCUT2D eigenvalue weighted by molar-refractivity contribution is 5.71. The van der Waals surface area contributed by atoms with Gasteiger partial charge in [0.25, 0.3) is 0 Å². The van der Waals surface area contributed by atoms with Gasteiger partial charge < -0.3 is 4.90 Å². The molecular formula is C17H17F4N3. The average Bonchev–Trinajstić information content (AvgIpc) is 2.53. The first-order valence-electron chi connectivity index (χ1n) is 7.25. The van der Waals surface area contributed by atoms with Crippen LogP contribution in [-0.4, -0.2) is 17.0 Å². The molecular weight excluding hydrogens is 322 g/mol. The van der Waals surface area contributed by atoms with Crippen LogP contribution in [0.2, 0.25) is 0 Å². The van der Waals surface area contributed by atoms with Crippen LogP contribution in [-0.2, 0) is 12.7 Å². The highest BCUT2D eigenvalue weighted by Crippen LogP contribution is 2.30. The molecule has 1 aromatic carbocycles. The van der Waals surface area contributed by atoms with E-state index in [2.05, 4.69) is 9.97 Å². The van der Waals surface area contributed by atoms with Crippen molar-refractivity contribution < 1.29 is 17.6 Å². The maximum Gasteiger partial charge on any atom is 0.416 e. The second kappa shape index (κ2) is 6.98. The summed E-state index contributed by atoms with van der Waals surface area (Å²) in [5.74, 6) is -0.0552. The third-order valence-electron chi connectivity index (χ3n) is 3.57. The number of anilines is 1. The largest absolute Gasteiger partial charge is 0.416 e. The van der Waals surface area contributed by atoms with Crippen molar-refractivity contribution in [1.82, 2.24) is 9.97 Å². The van der Waals surface area contributed by atoms with Crippen LogP contribution in [0.3, 0.4) is 0 Å². The lowest BCUT2D eigenvalue weighted by Gasteiger charge is -2.21. The van der Waals surface area contributed by atoms with Gasteiger partial charge in [-0.3, -0.25) is 0 Å². The Morgan fingerprint density at radius 2 is 1.79 bits per heavy atom. The molecule has 0 saturated heterocycles. The highest BCUT2D eigenvalue weighted by Gasteiger charge is 2.30. The Morgan fingerprint density at radius 3 is 2.33 bits per heavy atom. The highest BCUT2D eigenvalue weighted by atomic mass is 19.4. The zero-order valence-corrected chi connectivity index (χ0v) is 13.5. The van der Waals surface area contributed by atoms with Crippen LogP contribution in [0.15, 0.2) is 36.7 Å². The van der Waals surface area contributed by atoms with Crippen molar-refractivity contribution in [3.63, 3.8) is 0 Å². The predicted molar refractivity (Wildman–Crippen MR) is 85.1 cm³/mol. The molecule has 0 fully saturated rings. The first-order chi connectivity index (χ1) is 11.2. The molecule has 0 aliphatic rings. The molecule has 0 radical (unpaired) electrons. The third-order valence-corrected chi connectivity index (χ3v) is 3.57. The maximum absolute atomic E-state index is 14.1. The van der Waals surface area contributed by atoms with Crippen LogP contribution in [0.4, 0.5) is 23.4 Å². The fourth-order valence-electron chi connectivity index (χ4n) is 2.32. The first kappa shape index (κ1) is 17.9. The van der Waals surface area contributed by atoms with Crippen molar-refractivity contribution in [2.45, 2.75) is 26.6 Å². The minimum absolute atomic E-state index is 0.286. The molecule has 3 nitrogen and oxygen atoms in total. The van der Waals surface area contributed by atoms with Crippen LogP contribution >= 0.6 is 0 Å². The zero-order chi connectivity index (χ0) is 17.9. The number of aryl methyl sites for hydroxylation is 1. The quantitative estimate of drug-likeness (QED) is 0.751. The predicted octanol–water partition coefficient (Wildman–Crippen LogP) is 4.77. The number of alkyl halides is 3. The molecule has 0 aliphatic heterocycles. The van der Waals surface area contributed by atoms with Gasteiger partial charge in [0.15, 0.2) is 0 Å². The van der Waals surface area contributed by atoms with Crippen molar-refractivity contribution in [3.8, 4) is 0 Å². The molecule has 0 bridgehead atoms. The van der Waals surface area contributed by atoms with Gasteiger partial charge in [0.2, 0.25) is 0 Å². The summed E-state index contributed by atoms with van der Waals surface area (Å²) in [6.07, 6.45) is -1.71. The number of aromatic nitrogens is 2. The summed E-state index contributed by atoms with van der Waals surface area (Å²) in [6.45, 7) is 3.54. The zero-order valence-electron chi connectivity index (χ0n) is 13.5. The Bertz CT molecular complexity index is 736. The monoisotopic (exact) mass is 339 g/mol. The van der Waals surface area contributed by atoms with E-state index < -0.39 is 17.6 Å². The second-order valence-electron chi connectivity index (χ2n) is 5.35. The van der Waals surface area contributed by atoms with Gasteiger partial charge in [-0.2, -0.15) is 13.2 Å². The van der Waals surface area contributed by atoms with Gasteiger partial charge in [0, 0.05) is 13.6 Å². The summed E-state index contributed by atoms with van der Waals surface area (Å²) >= 11 is 0. The molecule has 0 atom stereocenters. The average molecular weight is 339 g/mol. The maximum atomic E-state index is 14.1. The molecule has 0 amide bonds. The van der Waals surface area contributed by atoms with Crippen molar-refractivity contribution in [2.24, 2.45) is 0 Å². The van der Waals surface area contributed by atoms with Gasteiger partial charge in [-0.25, -0.2) is 14.4 Å². The molecule has 0 aliphatic carbocycles. The number of rotatable bonds is 4. The van der Waals surface area contributed by atoms with E-state index in [1.807, 2.05) is 0 Å². The van der Waals surface area contributed by atoms with Crippen molar-refractivity contribution >= 4 is 11.6 Å². The summed E-state index contributed by atoms with van der Waals surface area (Å²) in [5, 5.41) is 0. The Balaban J connectivity index is 2.28. The molecule has 24 heavy (non-hydrogen) atoms. The molecule has 1 aromatic heterocycles. The molecule has 1 heterocycles. The molecule has 2 rings (SSSR count). The lowest BCUT2D eigenvalue weighted by atomic mass is 10.1. The number of nitrogens with zero attached hydrogens (tertiary/aromatic N) is 3. The first-order valence-corrected chi connectivity index (χ1v) is 7.25. The molecule has 7 heteroatoms. The van der Waals surface area contributed by atoms with Crippen molar-refractivity contribution in [3.05, 3.63) is 59.1 Å². The molecule has 0 N–H and O–H groups in total. The van der Waals surface area contributed by atoms with E-state index in [-0.39, 0.29) is 5.56 Å². The van der Waals surface area contributed by atoms with Crippen LogP contribution in [0, 0.1) is 6.92 Å². The van der Waals surface area contributed by atoms with E-state index in [4.69, 9.17) is 0 Å². The van der Waals surface area contributed by atoms with Gasteiger partial charge in [-0.15, -0.1) is 0 Å². The van der Waals surface area contributed by atoms with Crippen LogP contribution < -0.4 is 4.90 Å². The van der Waals surface area contributed by atoms with E-state index in [1.165, 1.54) is 24.5 Å². The van der Waals surface area contributed by atoms with E-state index in [9.17, 15) is 17.6 Å². The number of hydrogen-bond acceptors (Lipinski definition) is 3. The topological polar surface area (TPSA) is 29.0 Å². The second-order valence-corrected chi connectivity index (χ2v) is 5.35. The molecule has 0 saturated carbocycles. The lowest BCUT2D eigenvalue weighted by molar-refractivity contribution is -0.137. The fraction of sp³-hybridized carbons (Fsp3) is 0.294. The van der Waals surface area contributed by atoms with Crippen molar-refractivity contribution in [2.75, 3.05) is 11.9 Å². The smallest absolute Gasteiger partial charge is 0.355 e. The normalized spacial score (nSPS) is 12.4. The minimum Gasteiger partial charge on any atom is -0.355 e. The number of halogens is 4. The van der Waals surface area contributed by atoms with E-state index >= 15 is 0 Å². The summed E-state index contributed by atoms with van der Waals surface area (Å²) in [5.41, 5.74) is 0.741. The Kier molecular flexibility index (Phi) is 5.21. The van der Waals surface area contributed by atoms with Gasteiger partial charge in [-0.05, 0) is 31.5 Å². The lowest BCUT2D eigenvalue weighted by Crippen LogP contribution is -2.20. The number of benzene rings is 1. The summed E-state index contributed by atoms with van der Waals surface area (Å²) in [7, 11) is 1.70. The molecule has 2 aromatic rings. The Labute approximate surface area is 137 Å². The van der Waals surface area contributed by atoms with Crippen LogP contribution in [0.25, 0.3) is 5.83 Å². The summed E-state index contributed by atoms with van der Waals surface area (Å²) in [6, 6.07) is 4.86. The summed E-state index contributed by atoms with van der Waals surface area (Å²) < 4.78 is 51.9. The molecule has 0 spiro atoms. The summed E-state index contributed by atoms with van der Waals surface area (Å²) in [4.78, 5) is 9.78. The van der Waals surface area contributed by atoms with Gasteiger partial charge in [0.1, 0.15) is 18.0 Å². The van der Waals surface area contributed by atoms with Crippen molar-refractivity contribution in [1.29, 1.82) is 0 Å². The van der Waals surface area contributed by atoms with E-state index in [1.54, 1.807) is 25.8 Å². The molecule has 128 valence electrons. The Morgan fingerprint density at radius 1 is 1.17 bits per heavy atom. The van der Waals surface area contributed by atoms with Gasteiger partial charge in [-0.1, -0.05) is 18.2 Å². The van der Waals surface area contributed by atoms with Gasteiger partial charge in [0.05, 0.1) is 16.8 Å². The van der Waals surface area contributed by atoms with Crippen LogP contribution in [0.5, 0.6) is 0 Å². The molecule has 0 unspecified atom stereocenters. The van der Waals surface area contributed by atoms with E-state index in [0.29, 0.717) is 23.6 Å². The number of hydrogen-bond donors (Lipinski definition) is 0. The fourth-order valence-corrected chi connectivity index (χ4v) is 2.32. The number of allylic oxidation sites excluding steroid dienone is 1. The van der Waals surface area contributed by atoms with Crippen LogP contribution in [0.1, 0.15) is 29.3 Å².